The lowest BCUT2D eigenvalue weighted by Gasteiger charge is -2.29. The van der Waals surface area contributed by atoms with Crippen LogP contribution in [0.1, 0.15) is 52.8 Å². The summed E-state index contributed by atoms with van der Waals surface area (Å²) in [7, 11) is 3.58. The molecule has 268 valence electrons. The molecule has 0 saturated carbocycles. The third kappa shape index (κ3) is 10.2. The van der Waals surface area contributed by atoms with E-state index in [1.165, 1.54) is 26.0 Å². The maximum absolute atomic E-state index is 13.7. The second kappa shape index (κ2) is 16.0. The van der Waals surface area contributed by atoms with Gasteiger partial charge in [-0.1, -0.05) is 19.1 Å². The summed E-state index contributed by atoms with van der Waals surface area (Å²) in [5, 5.41) is 22.4. The Balaban J connectivity index is 2.33. The quantitative estimate of drug-likeness (QED) is 0.248. The van der Waals surface area contributed by atoms with Crippen LogP contribution in [-0.4, -0.2) is 101 Å². The Bertz CT molecular complexity index is 1440. The number of carbonyl (C=O) groups is 4. The molecule has 2 aromatic rings. The van der Waals surface area contributed by atoms with E-state index in [0.717, 1.165) is 10.9 Å². The molecule has 15 nitrogen and oxygen atoms in total. The van der Waals surface area contributed by atoms with Crippen molar-refractivity contribution >= 4 is 23.9 Å². The molecule has 1 aromatic heterocycles. The molecule has 3 atom stereocenters. The third-order valence-electron chi connectivity index (χ3n) is 6.94. The molecule has 3 N–H and O–H groups in total. The predicted octanol–water partition coefficient (Wildman–Crippen LogP) is 2.30. The smallest absolute Gasteiger partial charge is 0.434 e. The van der Waals surface area contributed by atoms with Crippen molar-refractivity contribution in [1.82, 2.24) is 30.5 Å². The maximum atomic E-state index is 13.7. The molecule has 1 heterocycles. The van der Waals surface area contributed by atoms with Crippen molar-refractivity contribution < 1.29 is 56.4 Å². The minimum absolute atomic E-state index is 0.123. The molecule has 0 aliphatic carbocycles. The summed E-state index contributed by atoms with van der Waals surface area (Å²) in [6, 6.07) is 3.01. The molecule has 0 fully saturated rings. The summed E-state index contributed by atoms with van der Waals surface area (Å²) in [5.74, 6) is -2.74. The van der Waals surface area contributed by atoms with Crippen molar-refractivity contribution in [2.45, 2.75) is 84.1 Å². The lowest BCUT2D eigenvalue weighted by Crippen LogP contribution is -2.52. The van der Waals surface area contributed by atoms with Gasteiger partial charge in [0.05, 0.1) is 46.7 Å². The van der Waals surface area contributed by atoms with Gasteiger partial charge in [-0.15, -0.1) is 5.10 Å². The standard InChI is InChI=1S/C30H43F3N6O9/c1-17(2)21(14-39-15-23(36-37-39)29(44,26(42)47-9)30(31,32)33)35-24(40)16-38(13-19-10-11-20(45-7)12-22(19)46-8)25(41)18(3)34-27(43)48-28(4,5)6/h10-12,15,17-18,21,44H,13-14,16H2,1-9H3,(H,34,43)(H,35,40)/t18-,21+,29?/m0/s1. The van der Waals surface area contributed by atoms with Gasteiger partial charge >= 0.3 is 23.8 Å². The zero-order chi connectivity index (χ0) is 36.6. The highest BCUT2D eigenvalue weighted by Crippen LogP contribution is 2.39. The topological polar surface area (TPSA) is 183 Å². The molecule has 0 radical (unpaired) electrons. The van der Waals surface area contributed by atoms with Crippen LogP contribution in [0.4, 0.5) is 18.0 Å². The Morgan fingerprint density at radius 2 is 1.67 bits per heavy atom. The van der Waals surface area contributed by atoms with Gasteiger partial charge in [0.25, 0.3) is 0 Å². The number of amides is 3. The predicted molar refractivity (Wildman–Crippen MR) is 163 cm³/mol. The van der Waals surface area contributed by atoms with Gasteiger partial charge in [0.15, 0.2) is 0 Å². The normalized spacial score (nSPS) is 14.3. The highest BCUT2D eigenvalue weighted by Gasteiger charge is 2.64. The number of aliphatic hydroxyl groups is 1. The lowest BCUT2D eigenvalue weighted by molar-refractivity contribution is -0.268. The molecule has 0 spiro atoms. The molecule has 2 rings (SSSR count). The Hall–Kier alpha value is -4.61. The van der Waals surface area contributed by atoms with E-state index in [1.54, 1.807) is 52.8 Å². The minimum atomic E-state index is -5.47. The summed E-state index contributed by atoms with van der Waals surface area (Å²) < 4.78 is 62.0. The van der Waals surface area contributed by atoms with E-state index in [1.807, 2.05) is 0 Å². The van der Waals surface area contributed by atoms with Crippen LogP contribution in [-0.2, 0) is 42.5 Å². The fourth-order valence-electron chi connectivity index (χ4n) is 4.34. The van der Waals surface area contributed by atoms with E-state index in [0.29, 0.717) is 24.2 Å². The van der Waals surface area contributed by atoms with Gasteiger partial charge in [-0.25, -0.2) is 9.59 Å². The van der Waals surface area contributed by atoms with Gasteiger partial charge in [0.2, 0.25) is 11.8 Å². The van der Waals surface area contributed by atoms with E-state index in [9.17, 15) is 37.5 Å². The number of nitrogens with one attached hydrogen (secondary N) is 2. The van der Waals surface area contributed by atoms with Crippen LogP contribution in [0, 0.1) is 5.92 Å². The van der Waals surface area contributed by atoms with Crippen molar-refractivity contribution in [2.75, 3.05) is 27.9 Å². The third-order valence-corrected chi connectivity index (χ3v) is 6.94. The molecule has 1 aromatic carbocycles. The number of aromatic nitrogens is 3. The first-order valence-electron chi connectivity index (χ1n) is 14.7. The van der Waals surface area contributed by atoms with E-state index in [2.05, 4.69) is 25.7 Å². The Morgan fingerprint density at radius 1 is 1.02 bits per heavy atom. The zero-order valence-electron chi connectivity index (χ0n) is 28.3. The highest BCUT2D eigenvalue weighted by molar-refractivity contribution is 5.89. The molecule has 3 amide bonds. The number of esters is 1. The summed E-state index contributed by atoms with van der Waals surface area (Å²) in [6.45, 7) is 9.01. The van der Waals surface area contributed by atoms with Gasteiger partial charge in [-0.3, -0.25) is 14.3 Å². The Morgan fingerprint density at radius 3 is 2.19 bits per heavy atom. The molecular formula is C30H43F3N6O9. The van der Waals surface area contributed by atoms with Gasteiger partial charge in [0.1, 0.15) is 28.8 Å². The van der Waals surface area contributed by atoms with Crippen LogP contribution in [0.2, 0.25) is 0 Å². The molecule has 48 heavy (non-hydrogen) atoms. The van der Waals surface area contributed by atoms with Gasteiger partial charge in [0, 0.05) is 18.2 Å². The lowest BCUT2D eigenvalue weighted by atomic mass is 10.00. The molecule has 0 bridgehead atoms. The van der Waals surface area contributed by atoms with Gasteiger partial charge < -0.3 is 39.6 Å². The van der Waals surface area contributed by atoms with E-state index >= 15 is 0 Å². The summed E-state index contributed by atoms with van der Waals surface area (Å²) in [6.07, 6.45) is -5.58. The van der Waals surface area contributed by atoms with Gasteiger partial charge in [-0.2, -0.15) is 13.2 Å². The van der Waals surface area contributed by atoms with E-state index in [-0.39, 0.29) is 19.0 Å². The molecule has 0 saturated heterocycles. The molecular weight excluding hydrogens is 645 g/mol. The van der Waals surface area contributed by atoms with E-state index in [4.69, 9.17) is 14.2 Å². The minimum Gasteiger partial charge on any atom is -0.497 e. The number of alkyl carbamates (subject to hydrolysis) is 1. The van der Waals surface area contributed by atoms with Crippen molar-refractivity contribution in [3.05, 3.63) is 35.7 Å². The fraction of sp³-hybridized carbons (Fsp3) is 0.600. The number of hydrogen-bond acceptors (Lipinski definition) is 11. The Kier molecular flexibility index (Phi) is 13.2. The second-order valence-corrected chi connectivity index (χ2v) is 12.2. The molecule has 1 unspecified atom stereocenters. The number of carbonyl (C=O) groups excluding carboxylic acids is 4. The first-order chi connectivity index (χ1) is 22.2. The first-order valence-corrected chi connectivity index (χ1v) is 14.7. The highest BCUT2D eigenvalue weighted by atomic mass is 19.4. The molecule has 0 aliphatic rings. The number of rotatable bonds is 14. The number of hydrogen-bond donors (Lipinski definition) is 3. The number of ether oxygens (including phenoxy) is 4. The SMILES string of the molecule is COC(=O)C(O)(c1cn(C[C@@H](NC(=O)CN(Cc2ccc(OC)cc2OC)C(=O)[C@H](C)NC(=O)OC(C)(C)C)C(C)C)nn1)C(F)(F)F. The van der Waals surface area contributed by atoms with E-state index < -0.39 is 65.6 Å². The van der Waals surface area contributed by atoms with Gasteiger partial charge in [-0.05, 0) is 45.7 Å². The van der Waals surface area contributed by atoms with Crippen LogP contribution >= 0.6 is 0 Å². The fourth-order valence-corrected chi connectivity index (χ4v) is 4.34. The van der Waals surface area contributed by atoms with Crippen LogP contribution in [0.15, 0.2) is 24.4 Å². The largest absolute Gasteiger partial charge is 0.497 e. The van der Waals surface area contributed by atoms with Crippen LogP contribution in [0.5, 0.6) is 11.5 Å². The zero-order valence-corrected chi connectivity index (χ0v) is 28.3. The monoisotopic (exact) mass is 688 g/mol. The average molecular weight is 689 g/mol. The summed E-state index contributed by atoms with van der Waals surface area (Å²) >= 11 is 0. The number of nitrogens with zero attached hydrogens (tertiary/aromatic N) is 4. The maximum Gasteiger partial charge on any atom is 0.434 e. The number of methoxy groups -OCH3 is 3. The van der Waals surface area contributed by atoms with Crippen molar-refractivity contribution in [3.8, 4) is 11.5 Å². The van der Waals surface area contributed by atoms with Crippen molar-refractivity contribution in [2.24, 2.45) is 5.92 Å². The Labute approximate surface area is 276 Å². The van der Waals surface area contributed by atoms with Crippen LogP contribution < -0.4 is 20.1 Å². The first kappa shape index (κ1) is 39.6. The molecule has 0 aliphatic heterocycles. The van der Waals surface area contributed by atoms with Crippen LogP contribution in [0.3, 0.4) is 0 Å². The summed E-state index contributed by atoms with van der Waals surface area (Å²) in [5.41, 5.74) is -5.50. The van der Waals surface area contributed by atoms with Crippen molar-refractivity contribution in [1.29, 1.82) is 0 Å². The summed E-state index contributed by atoms with van der Waals surface area (Å²) in [4.78, 5) is 52.5. The second-order valence-electron chi connectivity index (χ2n) is 12.2. The van der Waals surface area contributed by atoms with Crippen molar-refractivity contribution in [3.63, 3.8) is 0 Å². The number of halogens is 3. The number of benzene rings is 1. The number of alkyl halides is 3. The average Bonchev–Trinajstić information content (AvgIpc) is 3.46. The van der Waals surface area contributed by atoms with Crippen LogP contribution in [0.25, 0.3) is 0 Å². The molecule has 18 heteroatoms.